The molecule has 3 N–H and O–H groups in total. The molecule has 0 heterocycles. The van der Waals surface area contributed by atoms with Crippen molar-refractivity contribution in [3.05, 3.63) is 47.5 Å². The lowest BCUT2D eigenvalue weighted by molar-refractivity contribution is 0.383. The molecule has 0 aliphatic rings. The Bertz CT molecular complexity index is 615. The molecule has 0 fully saturated rings. The summed E-state index contributed by atoms with van der Waals surface area (Å²) < 4.78 is 32.0. The van der Waals surface area contributed by atoms with Crippen LogP contribution in [0.2, 0.25) is 0 Å². The summed E-state index contributed by atoms with van der Waals surface area (Å²) in [7, 11) is 1.28. The van der Waals surface area contributed by atoms with Gasteiger partial charge in [0.05, 0.1) is 24.2 Å². The number of rotatable bonds is 3. The second-order valence-electron chi connectivity index (χ2n) is 4.18. The minimum atomic E-state index is -0.642. The second kappa shape index (κ2) is 5.14. The van der Waals surface area contributed by atoms with E-state index in [-0.39, 0.29) is 11.4 Å². The van der Waals surface area contributed by atoms with Crippen LogP contribution in [0.3, 0.4) is 0 Å². The number of ether oxygens (including phenoxy) is 1. The van der Waals surface area contributed by atoms with Crippen molar-refractivity contribution in [3.8, 4) is 5.75 Å². The molecule has 0 bridgehead atoms. The van der Waals surface area contributed by atoms with E-state index in [1.54, 1.807) is 12.1 Å². The number of benzene rings is 2. The fourth-order valence-corrected chi connectivity index (χ4v) is 1.72. The van der Waals surface area contributed by atoms with Gasteiger partial charge < -0.3 is 15.8 Å². The number of aryl methyl sites for hydroxylation is 1. The third-order valence-corrected chi connectivity index (χ3v) is 2.72. The zero-order chi connectivity index (χ0) is 14.0. The lowest BCUT2D eigenvalue weighted by Crippen LogP contribution is -2.00. The highest BCUT2D eigenvalue weighted by atomic mass is 19.1. The monoisotopic (exact) mass is 264 g/mol. The number of methoxy groups -OCH3 is 1. The quantitative estimate of drug-likeness (QED) is 0.832. The van der Waals surface area contributed by atoms with Gasteiger partial charge in [-0.05, 0) is 24.6 Å². The van der Waals surface area contributed by atoms with Crippen molar-refractivity contribution in [3.63, 3.8) is 0 Å². The molecule has 0 saturated carbocycles. The summed E-state index contributed by atoms with van der Waals surface area (Å²) in [6, 6.07) is 7.32. The van der Waals surface area contributed by atoms with Gasteiger partial charge in [0.2, 0.25) is 0 Å². The molecule has 2 rings (SSSR count). The Kier molecular flexibility index (Phi) is 3.55. The first kappa shape index (κ1) is 13.1. The zero-order valence-electron chi connectivity index (χ0n) is 10.6. The highest BCUT2D eigenvalue weighted by Gasteiger charge is 2.11. The molecule has 0 saturated heterocycles. The first-order chi connectivity index (χ1) is 9.01. The van der Waals surface area contributed by atoms with Gasteiger partial charge in [-0.15, -0.1) is 0 Å². The molecule has 19 heavy (non-hydrogen) atoms. The summed E-state index contributed by atoms with van der Waals surface area (Å²) in [6.45, 7) is 1.90. The summed E-state index contributed by atoms with van der Waals surface area (Å²) in [6.07, 6.45) is 0. The van der Waals surface area contributed by atoms with Gasteiger partial charge in [0, 0.05) is 12.1 Å². The summed E-state index contributed by atoms with van der Waals surface area (Å²) >= 11 is 0. The van der Waals surface area contributed by atoms with Gasteiger partial charge in [-0.1, -0.05) is 6.07 Å². The van der Waals surface area contributed by atoms with Crippen LogP contribution in [-0.2, 0) is 0 Å². The zero-order valence-corrected chi connectivity index (χ0v) is 10.6. The number of hydrogen-bond acceptors (Lipinski definition) is 3. The average Bonchev–Trinajstić information content (AvgIpc) is 2.36. The van der Waals surface area contributed by atoms with Crippen LogP contribution in [0.1, 0.15) is 5.56 Å². The Balaban J connectivity index is 2.35. The van der Waals surface area contributed by atoms with Crippen molar-refractivity contribution in [2.24, 2.45) is 0 Å². The van der Waals surface area contributed by atoms with E-state index >= 15 is 0 Å². The number of anilines is 3. The van der Waals surface area contributed by atoms with E-state index in [0.29, 0.717) is 11.4 Å². The van der Waals surface area contributed by atoms with Crippen molar-refractivity contribution >= 4 is 17.1 Å². The molecule has 0 radical (unpaired) electrons. The van der Waals surface area contributed by atoms with Gasteiger partial charge >= 0.3 is 0 Å². The summed E-state index contributed by atoms with van der Waals surface area (Å²) in [5.74, 6) is -1.39. The standard InChI is InChI=1S/C14H14F2N2O/c1-8-3-4-12(11(17)5-8)18-13-6-10(16)14(19-2)7-9(13)15/h3-7,18H,17H2,1-2H3. The van der Waals surface area contributed by atoms with E-state index in [2.05, 4.69) is 5.32 Å². The van der Waals surface area contributed by atoms with Gasteiger partial charge in [-0.2, -0.15) is 0 Å². The van der Waals surface area contributed by atoms with Crippen molar-refractivity contribution < 1.29 is 13.5 Å². The maximum atomic E-state index is 13.8. The van der Waals surface area contributed by atoms with Crippen LogP contribution in [0.4, 0.5) is 25.8 Å². The van der Waals surface area contributed by atoms with E-state index in [1.807, 2.05) is 13.0 Å². The summed E-state index contributed by atoms with van der Waals surface area (Å²) in [4.78, 5) is 0. The van der Waals surface area contributed by atoms with Crippen LogP contribution in [0.15, 0.2) is 30.3 Å². The first-order valence-electron chi connectivity index (χ1n) is 5.67. The maximum Gasteiger partial charge on any atom is 0.167 e. The van der Waals surface area contributed by atoms with E-state index in [1.165, 1.54) is 7.11 Å². The third kappa shape index (κ3) is 2.76. The lowest BCUT2D eigenvalue weighted by atomic mass is 10.2. The molecule has 0 unspecified atom stereocenters. The van der Waals surface area contributed by atoms with E-state index < -0.39 is 11.6 Å². The molecule has 5 heteroatoms. The normalized spacial score (nSPS) is 10.3. The smallest absolute Gasteiger partial charge is 0.167 e. The van der Waals surface area contributed by atoms with Crippen LogP contribution in [-0.4, -0.2) is 7.11 Å². The largest absolute Gasteiger partial charge is 0.494 e. The van der Waals surface area contributed by atoms with Gasteiger partial charge in [-0.25, -0.2) is 8.78 Å². The molecule has 0 spiro atoms. The van der Waals surface area contributed by atoms with Crippen LogP contribution >= 0.6 is 0 Å². The highest BCUT2D eigenvalue weighted by molar-refractivity contribution is 5.73. The Morgan fingerprint density at radius 2 is 1.79 bits per heavy atom. The Morgan fingerprint density at radius 3 is 2.42 bits per heavy atom. The molecule has 0 amide bonds. The van der Waals surface area contributed by atoms with Crippen LogP contribution < -0.4 is 15.8 Å². The fraction of sp³-hybridized carbons (Fsp3) is 0.143. The van der Waals surface area contributed by atoms with Crippen molar-refractivity contribution in [2.75, 3.05) is 18.2 Å². The van der Waals surface area contributed by atoms with Crippen LogP contribution in [0.5, 0.6) is 5.75 Å². The number of nitrogens with two attached hydrogens (primary N) is 1. The molecule has 0 aliphatic carbocycles. The molecule has 2 aromatic carbocycles. The predicted octanol–water partition coefficient (Wildman–Crippen LogP) is 3.61. The van der Waals surface area contributed by atoms with Gasteiger partial charge in [-0.3, -0.25) is 0 Å². The summed E-state index contributed by atoms with van der Waals surface area (Å²) in [5, 5.41) is 2.76. The molecule has 3 nitrogen and oxygen atoms in total. The first-order valence-corrected chi connectivity index (χ1v) is 5.67. The number of halogens is 2. The Labute approximate surface area is 110 Å². The minimum Gasteiger partial charge on any atom is -0.494 e. The second-order valence-corrected chi connectivity index (χ2v) is 4.18. The summed E-state index contributed by atoms with van der Waals surface area (Å²) in [5.41, 5.74) is 7.80. The topological polar surface area (TPSA) is 47.3 Å². The van der Waals surface area contributed by atoms with E-state index in [9.17, 15) is 8.78 Å². The van der Waals surface area contributed by atoms with Crippen molar-refractivity contribution in [2.45, 2.75) is 6.92 Å². The predicted molar refractivity (Wildman–Crippen MR) is 71.8 cm³/mol. The van der Waals surface area contributed by atoms with E-state index in [0.717, 1.165) is 17.7 Å². The molecule has 0 aromatic heterocycles. The van der Waals surface area contributed by atoms with Crippen LogP contribution in [0.25, 0.3) is 0 Å². The molecule has 2 aromatic rings. The van der Waals surface area contributed by atoms with Gasteiger partial charge in [0.15, 0.2) is 17.4 Å². The van der Waals surface area contributed by atoms with Crippen molar-refractivity contribution in [1.29, 1.82) is 0 Å². The average molecular weight is 264 g/mol. The number of nitrogens with one attached hydrogen (secondary N) is 1. The van der Waals surface area contributed by atoms with Crippen LogP contribution in [0, 0.1) is 18.6 Å². The molecule has 0 aliphatic heterocycles. The van der Waals surface area contributed by atoms with E-state index in [4.69, 9.17) is 10.5 Å². The number of nitrogen functional groups attached to an aromatic ring is 1. The SMILES string of the molecule is COc1cc(F)c(Nc2ccc(C)cc2N)cc1F. The maximum absolute atomic E-state index is 13.8. The Morgan fingerprint density at radius 1 is 1.05 bits per heavy atom. The highest BCUT2D eigenvalue weighted by Crippen LogP contribution is 2.29. The van der Waals surface area contributed by atoms with Gasteiger partial charge in [0.1, 0.15) is 0 Å². The molecule has 100 valence electrons. The Hall–Kier alpha value is -2.30. The molecule has 0 atom stereocenters. The minimum absolute atomic E-state index is 0.00820. The van der Waals surface area contributed by atoms with Crippen molar-refractivity contribution in [1.82, 2.24) is 0 Å². The lowest BCUT2D eigenvalue weighted by Gasteiger charge is -2.12. The van der Waals surface area contributed by atoms with Gasteiger partial charge in [0.25, 0.3) is 0 Å². The fourth-order valence-electron chi connectivity index (χ4n) is 1.72. The number of hydrogen-bond donors (Lipinski definition) is 2. The molecular weight excluding hydrogens is 250 g/mol. The molecular formula is C14H14F2N2O. The third-order valence-electron chi connectivity index (χ3n) is 2.72.